The fourth-order valence-electron chi connectivity index (χ4n) is 7.91. The molecule has 0 N–H and O–H groups in total. The Hall–Kier alpha value is -6.76. The van der Waals surface area contributed by atoms with Crippen molar-refractivity contribution < 1.29 is 9.59 Å². The molecule has 2 amide bonds. The molecule has 8 rings (SSSR count). The van der Waals surface area contributed by atoms with Crippen molar-refractivity contribution in [3.05, 3.63) is 153 Å². The van der Waals surface area contributed by atoms with E-state index in [1.165, 1.54) is 4.90 Å². The van der Waals surface area contributed by atoms with E-state index < -0.39 is 0 Å². The minimum atomic E-state index is -0.342. The average molecular weight is 661 g/mol. The summed E-state index contributed by atoms with van der Waals surface area (Å²) in [6.45, 7) is 9.90. The van der Waals surface area contributed by atoms with Gasteiger partial charge in [0, 0.05) is 10.8 Å². The van der Waals surface area contributed by atoms with E-state index in [0.717, 1.165) is 71.9 Å². The van der Waals surface area contributed by atoms with Crippen LogP contribution < -0.4 is 4.90 Å². The van der Waals surface area contributed by atoms with Gasteiger partial charge in [-0.05, 0) is 140 Å². The van der Waals surface area contributed by atoms with E-state index in [1.54, 1.807) is 6.07 Å². The third-order valence-corrected chi connectivity index (χ3v) is 10.1. The molecular formula is C45H32N4O2. The lowest BCUT2D eigenvalue weighted by Gasteiger charge is -2.20. The lowest BCUT2D eigenvalue weighted by molar-refractivity contribution is 0.0925. The number of aromatic nitrogens is 1. The smallest absolute Gasteiger partial charge is 0.268 e. The van der Waals surface area contributed by atoms with Gasteiger partial charge in [-0.15, -0.1) is 0 Å². The van der Waals surface area contributed by atoms with Gasteiger partial charge in [0.2, 0.25) is 0 Å². The molecule has 0 bridgehead atoms. The quantitative estimate of drug-likeness (QED) is 0.176. The molecule has 0 saturated carbocycles. The van der Waals surface area contributed by atoms with Crippen molar-refractivity contribution in [2.45, 2.75) is 34.6 Å². The van der Waals surface area contributed by atoms with Crippen molar-refractivity contribution in [3.63, 3.8) is 0 Å². The molecule has 0 spiro atoms. The lowest BCUT2D eigenvalue weighted by Crippen LogP contribution is -2.31. The number of benzene rings is 6. The predicted molar refractivity (Wildman–Crippen MR) is 202 cm³/mol. The molecule has 1 aliphatic heterocycles. The van der Waals surface area contributed by atoms with Crippen LogP contribution in [0.15, 0.2) is 103 Å². The zero-order valence-electron chi connectivity index (χ0n) is 28.9. The molecule has 0 radical (unpaired) electrons. The van der Waals surface area contributed by atoms with Gasteiger partial charge in [-0.2, -0.15) is 10.5 Å². The van der Waals surface area contributed by atoms with Gasteiger partial charge in [-0.1, -0.05) is 48.0 Å². The standard InChI is InChI=1S/C45H32N4O2/c1-25-17-28(4)43(29(5)18-25)49-44(50)36-7-6-8-41(42(36)45(49)51)48-39-15-11-32(34-13-9-30(23-46)19-26(34)2)21-37(39)38-22-33(12-16-40(38)48)35-14-10-31(24-47)20-27(35)3/h6-22H,1-5H3. The van der Waals surface area contributed by atoms with Gasteiger partial charge in [0.05, 0.1) is 56.8 Å². The van der Waals surface area contributed by atoms with Gasteiger partial charge in [-0.25, -0.2) is 4.90 Å². The highest BCUT2D eigenvalue weighted by molar-refractivity contribution is 6.36. The monoisotopic (exact) mass is 660 g/mol. The largest absolute Gasteiger partial charge is 0.308 e. The van der Waals surface area contributed by atoms with E-state index in [4.69, 9.17) is 0 Å². The van der Waals surface area contributed by atoms with E-state index in [-0.39, 0.29) is 11.8 Å². The fourth-order valence-corrected chi connectivity index (χ4v) is 7.91. The fraction of sp³-hybridized carbons (Fsp3) is 0.111. The van der Waals surface area contributed by atoms with E-state index in [0.29, 0.717) is 33.6 Å². The van der Waals surface area contributed by atoms with Crippen LogP contribution in [0.3, 0.4) is 0 Å². The Labute approximate surface area is 296 Å². The minimum Gasteiger partial charge on any atom is -0.308 e. The van der Waals surface area contributed by atoms with Gasteiger partial charge in [0.1, 0.15) is 0 Å². The number of anilines is 1. The molecule has 6 aromatic carbocycles. The molecule has 6 heteroatoms. The summed E-state index contributed by atoms with van der Waals surface area (Å²) >= 11 is 0. The van der Waals surface area contributed by atoms with E-state index in [9.17, 15) is 20.1 Å². The van der Waals surface area contributed by atoms with Crippen molar-refractivity contribution in [1.29, 1.82) is 10.5 Å². The van der Waals surface area contributed by atoms with Crippen LogP contribution in [0.2, 0.25) is 0 Å². The molecule has 0 unspecified atom stereocenters. The number of hydrogen-bond acceptors (Lipinski definition) is 4. The number of amides is 2. The maximum atomic E-state index is 14.5. The Morgan fingerprint density at radius 1 is 0.529 bits per heavy atom. The van der Waals surface area contributed by atoms with E-state index >= 15 is 0 Å². The number of carbonyl (C=O) groups is 2. The SMILES string of the molecule is Cc1cc(C)c(N2C(=O)c3cccc(-n4c5ccc(-c6ccc(C#N)cc6C)cc5c5cc(-c6ccc(C#N)cc6C)ccc54)c3C2=O)c(C)c1. The first kappa shape index (κ1) is 31.5. The highest BCUT2D eigenvalue weighted by Gasteiger charge is 2.40. The molecule has 0 saturated heterocycles. The Kier molecular flexibility index (Phi) is 7.22. The molecule has 7 aromatic rings. The molecule has 0 aliphatic carbocycles. The van der Waals surface area contributed by atoms with Crippen molar-refractivity contribution >= 4 is 39.3 Å². The summed E-state index contributed by atoms with van der Waals surface area (Å²) in [5.74, 6) is -0.671. The Morgan fingerprint density at radius 3 is 1.55 bits per heavy atom. The van der Waals surface area contributed by atoms with Crippen LogP contribution in [-0.2, 0) is 0 Å². The van der Waals surface area contributed by atoms with E-state index in [2.05, 4.69) is 53.1 Å². The Balaban J connectivity index is 1.39. The first-order chi connectivity index (χ1) is 24.6. The maximum absolute atomic E-state index is 14.5. The average Bonchev–Trinajstić information content (AvgIpc) is 3.57. The Morgan fingerprint density at radius 2 is 1.06 bits per heavy atom. The second-order valence-corrected chi connectivity index (χ2v) is 13.5. The minimum absolute atomic E-state index is 0.329. The molecule has 51 heavy (non-hydrogen) atoms. The van der Waals surface area contributed by atoms with E-state index in [1.807, 2.05) is 95.3 Å². The van der Waals surface area contributed by atoms with Crippen LogP contribution in [0, 0.1) is 57.3 Å². The third-order valence-electron chi connectivity index (χ3n) is 10.1. The van der Waals surface area contributed by atoms with Crippen molar-refractivity contribution in [1.82, 2.24) is 4.57 Å². The molecule has 0 atom stereocenters. The summed E-state index contributed by atoms with van der Waals surface area (Å²) in [7, 11) is 0. The molecule has 6 nitrogen and oxygen atoms in total. The summed E-state index contributed by atoms with van der Waals surface area (Å²) in [5.41, 5.74) is 13.9. The molecule has 244 valence electrons. The van der Waals surface area contributed by atoms with Gasteiger partial charge in [0.15, 0.2) is 0 Å². The normalized spacial score (nSPS) is 12.4. The summed E-state index contributed by atoms with van der Waals surface area (Å²) in [6, 6.07) is 38.0. The van der Waals surface area contributed by atoms with Crippen molar-refractivity contribution in [2.24, 2.45) is 0 Å². The number of fused-ring (bicyclic) bond motifs is 4. The first-order valence-corrected chi connectivity index (χ1v) is 16.8. The third kappa shape index (κ3) is 4.84. The van der Waals surface area contributed by atoms with Crippen molar-refractivity contribution in [2.75, 3.05) is 4.90 Å². The highest BCUT2D eigenvalue weighted by Crippen LogP contribution is 2.42. The molecule has 1 aromatic heterocycles. The second kappa shape index (κ2) is 11.7. The number of aryl methyl sites for hydroxylation is 5. The zero-order valence-corrected chi connectivity index (χ0v) is 28.9. The number of rotatable bonds is 4. The van der Waals surface area contributed by atoms with Crippen LogP contribution in [0.5, 0.6) is 0 Å². The summed E-state index contributed by atoms with van der Waals surface area (Å²) in [4.78, 5) is 29.9. The number of nitriles is 2. The van der Waals surface area contributed by atoms with Crippen LogP contribution in [0.4, 0.5) is 5.69 Å². The number of carbonyl (C=O) groups excluding carboxylic acids is 2. The van der Waals surface area contributed by atoms with Gasteiger partial charge in [0.25, 0.3) is 11.8 Å². The number of nitrogens with zero attached hydrogens (tertiary/aromatic N) is 4. The van der Waals surface area contributed by atoms with Crippen LogP contribution >= 0.6 is 0 Å². The zero-order chi connectivity index (χ0) is 35.7. The molecule has 2 heterocycles. The molecule has 0 fully saturated rings. The Bertz CT molecular complexity index is 2630. The number of hydrogen-bond donors (Lipinski definition) is 0. The topological polar surface area (TPSA) is 89.9 Å². The lowest BCUT2D eigenvalue weighted by atomic mass is 9.95. The van der Waals surface area contributed by atoms with Crippen molar-refractivity contribution in [3.8, 4) is 40.1 Å². The predicted octanol–water partition coefficient (Wildman–Crippen LogP) is 10.2. The maximum Gasteiger partial charge on any atom is 0.268 e. The summed E-state index contributed by atoms with van der Waals surface area (Å²) in [5, 5.41) is 20.9. The summed E-state index contributed by atoms with van der Waals surface area (Å²) in [6.07, 6.45) is 0. The van der Waals surface area contributed by atoms with Gasteiger partial charge >= 0.3 is 0 Å². The number of imide groups is 1. The first-order valence-electron chi connectivity index (χ1n) is 16.8. The highest BCUT2D eigenvalue weighted by atomic mass is 16.2. The van der Waals surface area contributed by atoms with Gasteiger partial charge in [-0.3, -0.25) is 9.59 Å². The van der Waals surface area contributed by atoms with Gasteiger partial charge < -0.3 is 4.57 Å². The van der Waals surface area contributed by atoms with Crippen LogP contribution in [0.25, 0.3) is 49.7 Å². The van der Waals surface area contributed by atoms with Crippen LogP contribution in [0.1, 0.15) is 59.7 Å². The molecule has 1 aliphatic rings. The second-order valence-electron chi connectivity index (χ2n) is 13.5. The van der Waals surface area contributed by atoms with Crippen LogP contribution in [-0.4, -0.2) is 16.4 Å². The molecular weight excluding hydrogens is 629 g/mol. The summed E-state index contributed by atoms with van der Waals surface area (Å²) < 4.78 is 2.10.